The van der Waals surface area contributed by atoms with Crippen LogP contribution >= 0.6 is 23.4 Å². The third-order valence-corrected chi connectivity index (χ3v) is 5.32. The van der Waals surface area contributed by atoms with Gasteiger partial charge in [0.1, 0.15) is 18.9 Å². The van der Waals surface area contributed by atoms with Crippen LogP contribution in [0, 0.1) is 0 Å². The summed E-state index contributed by atoms with van der Waals surface area (Å²) in [4.78, 5) is 11.9. The van der Waals surface area contributed by atoms with Crippen LogP contribution in [0.3, 0.4) is 0 Å². The average molecular weight is 435 g/mol. The molecule has 1 amide bonds. The summed E-state index contributed by atoms with van der Waals surface area (Å²) in [6.07, 6.45) is -2.56. The second kappa shape index (κ2) is 8.60. The SMILES string of the molecule is C[C@H](Sc1nnc(COc2ccccc2Cl)n1C1CC1)C(=O)NCC(F)(F)F. The molecule has 11 heteroatoms. The fourth-order valence-electron chi connectivity index (χ4n) is 2.43. The van der Waals surface area contributed by atoms with Crippen LogP contribution in [0.1, 0.15) is 31.6 Å². The van der Waals surface area contributed by atoms with Crippen molar-refractivity contribution in [3.63, 3.8) is 0 Å². The summed E-state index contributed by atoms with van der Waals surface area (Å²) in [5, 5.41) is 10.3. The molecule has 1 aliphatic carbocycles. The Morgan fingerprint density at radius 2 is 2.11 bits per heavy atom. The van der Waals surface area contributed by atoms with Gasteiger partial charge in [-0.25, -0.2) is 0 Å². The fraction of sp³-hybridized carbons (Fsp3) is 0.471. The minimum Gasteiger partial charge on any atom is -0.484 e. The summed E-state index contributed by atoms with van der Waals surface area (Å²) < 4.78 is 44.4. The number of amides is 1. The molecule has 0 unspecified atom stereocenters. The Balaban J connectivity index is 1.66. The van der Waals surface area contributed by atoms with E-state index in [4.69, 9.17) is 16.3 Å². The van der Waals surface area contributed by atoms with Crippen molar-refractivity contribution < 1.29 is 22.7 Å². The van der Waals surface area contributed by atoms with E-state index in [1.54, 1.807) is 24.3 Å². The highest BCUT2D eigenvalue weighted by Crippen LogP contribution is 2.39. The zero-order chi connectivity index (χ0) is 20.3. The minimum absolute atomic E-state index is 0.141. The largest absolute Gasteiger partial charge is 0.484 e. The molecule has 2 aromatic rings. The Labute approximate surface area is 168 Å². The number of para-hydroxylation sites is 1. The van der Waals surface area contributed by atoms with Gasteiger partial charge >= 0.3 is 6.18 Å². The van der Waals surface area contributed by atoms with Gasteiger partial charge in [-0.1, -0.05) is 35.5 Å². The van der Waals surface area contributed by atoms with Crippen LogP contribution < -0.4 is 10.1 Å². The Bertz CT molecular complexity index is 842. The number of hydrogen-bond donors (Lipinski definition) is 1. The number of carbonyl (C=O) groups excluding carboxylic acids is 1. The molecule has 0 radical (unpaired) electrons. The summed E-state index contributed by atoms with van der Waals surface area (Å²) in [7, 11) is 0. The average Bonchev–Trinajstić information content (AvgIpc) is 3.40. The van der Waals surface area contributed by atoms with Crippen molar-refractivity contribution in [3.05, 3.63) is 35.1 Å². The topological polar surface area (TPSA) is 69.0 Å². The standard InChI is InChI=1S/C17H18ClF3N4O2S/c1-10(15(26)22-9-17(19,20)21)28-16-24-23-14(25(16)11-6-7-11)8-27-13-5-3-2-4-12(13)18/h2-5,10-11H,6-9H2,1H3,(H,22,26)/t10-/m0/s1. The number of nitrogens with one attached hydrogen (secondary N) is 1. The van der Waals surface area contributed by atoms with E-state index in [1.165, 1.54) is 6.92 Å². The van der Waals surface area contributed by atoms with E-state index in [2.05, 4.69) is 10.2 Å². The molecule has 6 nitrogen and oxygen atoms in total. The molecule has 0 aliphatic heterocycles. The summed E-state index contributed by atoms with van der Waals surface area (Å²) in [5.41, 5.74) is 0. The van der Waals surface area contributed by atoms with Gasteiger partial charge in [0.2, 0.25) is 5.91 Å². The molecule has 1 N–H and O–H groups in total. The fourth-order valence-corrected chi connectivity index (χ4v) is 3.59. The number of benzene rings is 1. The molecule has 1 aromatic carbocycles. The van der Waals surface area contributed by atoms with Gasteiger partial charge in [0.25, 0.3) is 0 Å². The number of aromatic nitrogens is 3. The second-order valence-electron chi connectivity index (χ2n) is 6.31. The summed E-state index contributed by atoms with van der Waals surface area (Å²) in [6.45, 7) is 0.313. The highest BCUT2D eigenvalue weighted by molar-refractivity contribution is 8.00. The van der Waals surface area contributed by atoms with Crippen molar-refractivity contribution >= 4 is 29.3 Å². The number of hydrogen-bond acceptors (Lipinski definition) is 5. The maximum atomic E-state index is 12.3. The first-order chi connectivity index (χ1) is 13.2. The molecular formula is C17H18ClF3N4O2S. The van der Waals surface area contributed by atoms with Crippen molar-refractivity contribution in [3.8, 4) is 5.75 Å². The Hall–Kier alpha value is -1.94. The predicted octanol–water partition coefficient (Wildman–Crippen LogP) is 4.00. The zero-order valence-corrected chi connectivity index (χ0v) is 16.4. The lowest BCUT2D eigenvalue weighted by Crippen LogP contribution is -2.38. The van der Waals surface area contributed by atoms with Crippen LogP contribution in [0.25, 0.3) is 0 Å². The monoisotopic (exact) mass is 434 g/mol. The van der Waals surface area contributed by atoms with E-state index in [0.29, 0.717) is 21.8 Å². The number of nitrogens with zero attached hydrogens (tertiary/aromatic N) is 3. The minimum atomic E-state index is -4.45. The lowest BCUT2D eigenvalue weighted by molar-refractivity contribution is -0.137. The van der Waals surface area contributed by atoms with Crippen molar-refractivity contribution in [1.29, 1.82) is 0 Å². The highest BCUT2D eigenvalue weighted by atomic mass is 35.5. The van der Waals surface area contributed by atoms with E-state index in [1.807, 2.05) is 9.88 Å². The number of carbonyl (C=O) groups is 1. The van der Waals surface area contributed by atoms with E-state index < -0.39 is 23.9 Å². The number of ether oxygens (including phenoxy) is 1. The van der Waals surface area contributed by atoms with Crippen LogP contribution in [-0.4, -0.2) is 38.6 Å². The van der Waals surface area contributed by atoms with E-state index in [0.717, 1.165) is 24.6 Å². The summed E-state index contributed by atoms with van der Waals surface area (Å²) >= 11 is 7.15. The van der Waals surface area contributed by atoms with Crippen molar-refractivity contribution in [2.24, 2.45) is 0 Å². The van der Waals surface area contributed by atoms with Crippen LogP contribution in [0.4, 0.5) is 13.2 Å². The second-order valence-corrected chi connectivity index (χ2v) is 8.03. The van der Waals surface area contributed by atoms with Crippen LogP contribution in [0.5, 0.6) is 5.75 Å². The maximum absolute atomic E-state index is 12.3. The number of rotatable bonds is 8. The molecule has 1 fully saturated rings. The first-order valence-electron chi connectivity index (χ1n) is 8.57. The molecule has 1 aliphatic rings. The molecule has 1 atom stereocenters. The summed E-state index contributed by atoms with van der Waals surface area (Å²) in [6, 6.07) is 7.25. The molecule has 152 valence electrons. The third-order valence-electron chi connectivity index (χ3n) is 3.96. The van der Waals surface area contributed by atoms with Gasteiger partial charge in [-0.2, -0.15) is 13.2 Å². The quantitative estimate of drug-likeness (QED) is 0.636. The van der Waals surface area contributed by atoms with Gasteiger partial charge in [0.15, 0.2) is 11.0 Å². The van der Waals surface area contributed by atoms with Crippen LogP contribution in [0.2, 0.25) is 5.02 Å². The molecule has 0 bridgehead atoms. The zero-order valence-electron chi connectivity index (χ0n) is 14.9. The van der Waals surface area contributed by atoms with Gasteiger partial charge in [-0.15, -0.1) is 10.2 Å². The van der Waals surface area contributed by atoms with Gasteiger partial charge in [0, 0.05) is 6.04 Å². The van der Waals surface area contributed by atoms with Crippen LogP contribution in [0.15, 0.2) is 29.4 Å². The van der Waals surface area contributed by atoms with Crippen molar-refractivity contribution in [2.75, 3.05) is 6.54 Å². The normalized spacial score (nSPS) is 15.3. The lowest BCUT2D eigenvalue weighted by Gasteiger charge is -2.14. The highest BCUT2D eigenvalue weighted by Gasteiger charge is 2.32. The Kier molecular flexibility index (Phi) is 6.39. The van der Waals surface area contributed by atoms with Crippen LogP contribution in [-0.2, 0) is 11.4 Å². The number of halogens is 4. The molecule has 28 heavy (non-hydrogen) atoms. The first kappa shape index (κ1) is 20.8. The molecule has 1 aromatic heterocycles. The molecule has 0 saturated heterocycles. The molecule has 3 rings (SSSR count). The first-order valence-corrected chi connectivity index (χ1v) is 9.82. The van der Waals surface area contributed by atoms with Gasteiger partial charge < -0.3 is 10.1 Å². The number of thioether (sulfide) groups is 1. The van der Waals surface area contributed by atoms with Gasteiger partial charge in [-0.3, -0.25) is 9.36 Å². The van der Waals surface area contributed by atoms with E-state index in [9.17, 15) is 18.0 Å². The van der Waals surface area contributed by atoms with E-state index in [-0.39, 0.29) is 12.6 Å². The van der Waals surface area contributed by atoms with Gasteiger partial charge in [0.05, 0.1) is 10.3 Å². The molecular weight excluding hydrogens is 417 g/mol. The lowest BCUT2D eigenvalue weighted by atomic mass is 10.3. The van der Waals surface area contributed by atoms with E-state index >= 15 is 0 Å². The van der Waals surface area contributed by atoms with Gasteiger partial charge in [-0.05, 0) is 31.9 Å². The smallest absolute Gasteiger partial charge is 0.405 e. The molecule has 1 heterocycles. The van der Waals surface area contributed by atoms with Crippen molar-refractivity contribution in [1.82, 2.24) is 20.1 Å². The maximum Gasteiger partial charge on any atom is 0.405 e. The third kappa shape index (κ3) is 5.54. The Morgan fingerprint density at radius 3 is 2.75 bits per heavy atom. The Morgan fingerprint density at radius 1 is 1.39 bits per heavy atom. The number of alkyl halides is 3. The molecule has 0 spiro atoms. The molecule has 1 saturated carbocycles. The summed E-state index contributed by atoms with van der Waals surface area (Å²) in [5.74, 6) is 0.387. The van der Waals surface area contributed by atoms with Crippen molar-refractivity contribution in [2.45, 2.75) is 49.0 Å². The predicted molar refractivity (Wildman–Crippen MR) is 98.5 cm³/mol.